The lowest BCUT2D eigenvalue weighted by Gasteiger charge is -2.21. The number of nitrogens with zero attached hydrogens (tertiary/aromatic N) is 3. The van der Waals surface area contributed by atoms with Crippen LogP contribution in [0.5, 0.6) is 0 Å². The number of halogens is 1. The summed E-state index contributed by atoms with van der Waals surface area (Å²) in [5.74, 6) is 1.51. The molecule has 4 rings (SSSR count). The number of hydrogen-bond donors (Lipinski definition) is 1. The molecule has 0 aliphatic heterocycles. The second kappa shape index (κ2) is 11.5. The number of anilines is 1. The van der Waals surface area contributed by atoms with Gasteiger partial charge in [0.1, 0.15) is 5.82 Å². The molecule has 0 saturated carbocycles. The molecule has 0 saturated heterocycles. The molecule has 1 heterocycles. The molecule has 1 N–H and O–H groups in total. The molecule has 0 aliphatic rings. The average Bonchev–Trinajstić information content (AvgIpc) is 2.87. The molecule has 1 atom stereocenters. The molecule has 176 valence electrons. The summed E-state index contributed by atoms with van der Waals surface area (Å²) in [5.41, 5.74) is 4.06. The number of fused-ring (bicyclic) bond motifs is 1. The first-order valence-corrected chi connectivity index (χ1v) is 12.6. The van der Waals surface area contributed by atoms with E-state index in [4.69, 9.17) is 21.6 Å². The number of para-hydroxylation sites is 1. The van der Waals surface area contributed by atoms with Crippen molar-refractivity contribution in [3.05, 3.63) is 77.8 Å². The molecule has 3 aromatic carbocycles. The van der Waals surface area contributed by atoms with Crippen LogP contribution in [0.1, 0.15) is 33.6 Å². The number of aromatic nitrogens is 2. The van der Waals surface area contributed by atoms with Crippen LogP contribution in [0.3, 0.4) is 0 Å². The summed E-state index contributed by atoms with van der Waals surface area (Å²) in [6, 6.07) is 24.9. The highest BCUT2D eigenvalue weighted by Gasteiger charge is 2.14. The Kier molecular flexibility index (Phi) is 8.15. The molecule has 0 aliphatic carbocycles. The van der Waals surface area contributed by atoms with E-state index in [1.54, 1.807) is 0 Å². The Balaban J connectivity index is 1.64. The van der Waals surface area contributed by atoms with Gasteiger partial charge in [-0.05, 0) is 68.7 Å². The van der Waals surface area contributed by atoms with Crippen molar-refractivity contribution in [3.63, 3.8) is 0 Å². The van der Waals surface area contributed by atoms with Crippen LogP contribution >= 0.6 is 11.6 Å². The molecule has 0 amide bonds. The third-order valence-electron chi connectivity index (χ3n) is 6.29. The van der Waals surface area contributed by atoms with Crippen molar-refractivity contribution in [3.8, 4) is 22.5 Å². The third kappa shape index (κ3) is 5.75. The van der Waals surface area contributed by atoms with Crippen molar-refractivity contribution < 1.29 is 0 Å². The maximum atomic E-state index is 6.58. The van der Waals surface area contributed by atoms with Gasteiger partial charge >= 0.3 is 0 Å². The second-order valence-corrected chi connectivity index (χ2v) is 9.10. The SMILES string of the molecule is CCN(CC)CCCC(C)Nc1nc(-c2cccc(-c3ccccc3)c2)nc2c(Cl)cccc12. The molecule has 34 heavy (non-hydrogen) atoms. The minimum atomic E-state index is 0.288. The maximum absolute atomic E-state index is 6.58. The van der Waals surface area contributed by atoms with Gasteiger partial charge < -0.3 is 10.2 Å². The third-order valence-corrected chi connectivity index (χ3v) is 6.60. The number of hydrogen-bond acceptors (Lipinski definition) is 4. The zero-order chi connectivity index (χ0) is 23.9. The van der Waals surface area contributed by atoms with Crippen molar-refractivity contribution in [2.45, 2.75) is 39.7 Å². The molecule has 1 unspecified atom stereocenters. The van der Waals surface area contributed by atoms with E-state index in [2.05, 4.69) is 79.5 Å². The normalized spacial score (nSPS) is 12.3. The first-order valence-electron chi connectivity index (χ1n) is 12.2. The van der Waals surface area contributed by atoms with E-state index in [0.29, 0.717) is 10.8 Å². The van der Waals surface area contributed by atoms with E-state index < -0.39 is 0 Å². The minimum Gasteiger partial charge on any atom is -0.367 e. The molecule has 0 spiro atoms. The van der Waals surface area contributed by atoms with Crippen molar-refractivity contribution in [1.82, 2.24) is 14.9 Å². The van der Waals surface area contributed by atoms with E-state index in [1.165, 1.54) is 5.56 Å². The Morgan fingerprint density at radius 1 is 0.853 bits per heavy atom. The van der Waals surface area contributed by atoms with Crippen LogP contribution in [-0.2, 0) is 0 Å². The van der Waals surface area contributed by atoms with Gasteiger partial charge in [-0.15, -0.1) is 0 Å². The van der Waals surface area contributed by atoms with Gasteiger partial charge in [0.2, 0.25) is 0 Å². The van der Waals surface area contributed by atoms with E-state index in [-0.39, 0.29) is 6.04 Å². The largest absolute Gasteiger partial charge is 0.367 e. The minimum absolute atomic E-state index is 0.288. The van der Waals surface area contributed by atoms with Crippen LogP contribution in [0.2, 0.25) is 5.02 Å². The molecule has 4 nitrogen and oxygen atoms in total. The zero-order valence-corrected chi connectivity index (χ0v) is 21.0. The maximum Gasteiger partial charge on any atom is 0.162 e. The summed E-state index contributed by atoms with van der Waals surface area (Å²) in [7, 11) is 0. The Labute approximate surface area is 208 Å². The number of benzene rings is 3. The van der Waals surface area contributed by atoms with Crippen LogP contribution in [0.25, 0.3) is 33.4 Å². The standard InChI is InChI=1S/C29H33ClN4/c1-4-34(5-2)19-11-12-21(3)31-29-25-17-10-18-26(30)27(25)32-28(33-29)24-16-9-15-23(20-24)22-13-7-6-8-14-22/h6-10,13-18,20-21H,4-5,11-12,19H2,1-3H3,(H,31,32,33). The Hall–Kier alpha value is -2.95. The van der Waals surface area contributed by atoms with Gasteiger partial charge in [0, 0.05) is 17.0 Å². The number of rotatable bonds is 10. The molecule has 0 bridgehead atoms. The smallest absolute Gasteiger partial charge is 0.162 e. The van der Waals surface area contributed by atoms with Crippen LogP contribution < -0.4 is 5.32 Å². The molecular formula is C29H33ClN4. The van der Waals surface area contributed by atoms with Crippen LogP contribution in [0.15, 0.2) is 72.8 Å². The fourth-order valence-corrected chi connectivity index (χ4v) is 4.51. The van der Waals surface area contributed by atoms with Crippen molar-refractivity contribution in [1.29, 1.82) is 0 Å². The molecule has 0 fully saturated rings. The molecule has 0 radical (unpaired) electrons. The molecule has 4 aromatic rings. The van der Waals surface area contributed by atoms with E-state index in [0.717, 1.165) is 60.3 Å². The topological polar surface area (TPSA) is 41.0 Å². The van der Waals surface area contributed by atoms with E-state index in [9.17, 15) is 0 Å². The quantitative estimate of drug-likeness (QED) is 0.259. The highest BCUT2D eigenvalue weighted by Crippen LogP contribution is 2.31. The van der Waals surface area contributed by atoms with Crippen LogP contribution in [0.4, 0.5) is 5.82 Å². The first-order chi connectivity index (χ1) is 16.6. The van der Waals surface area contributed by atoms with Crippen molar-refractivity contribution >= 4 is 28.3 Å². The predicted molar refractivity (Wildman–Crippen MR) is 146 cm³/mol. The van der Waals surface area contributed by atoms with Crippen molar-refractivity contribution in [2.24, 2.45) is 0 Å². The first kappa shape index (κ1) is 24.2. The molecule has 1 aromatic heterocycles. The summed E-state index contributed by atoms with van der Waals surface area (Å²) in [6.07, 6.45) is 2.22. The Bertz CT molecular complexity index is 1220. The average molecular weight is 473 g/mol. The van der Waals surface area contributed by atoms with Crippen LogP contribution in [-0.4, -0.2) is 40.5 Å². The van der Waals surface area contributed by atoms with Crippen molar-refractivity contribution in [2.75, 3.05) is 25.0 Å². The molecule has 5 heteroatoms. The van der Waals surface area contributed by atoms with Gasteiger partial charge in [-0.25, -0.2) is 9.97 Å². The van der Waals surface area contributed by atoms with Gasteiger partial charge in [-0.2, -0.15) is 0 Å². The summed E-state index contributed by atoms with van der Waals surface area (Å²) >= 11 is 6.58. The van der Waals surface area contributed by atoms with E-state index in [1.807, 2.05) is 24.3 Å². The van der Waals surface area contributed by atoms with Crippen LogP contribution in [0, 0.1) is 0 Å². The Morgan fingerprint density at radius 2 is 1.56 bits per heavy atom. The highest BCUT2D eigenvalue weighted by atomic mass is 35.5. The van der Waals surface area contributed by atoms with Gasteiger partial charge in [-0.1, -0.05) is 80.0 Å². The summed E-state index contributed by atoms with van der Waals surface area (Å²) in [6.45, 7) is 9.97. The predicted octanol–water partition coefficient (Wildman–Crippen LogP) is 7.54. The highest BCUT2D eigenvalue weighted by molar-refractivity contribution is 6.35. The van der Waals surface area contributed by atoms with Gasteiger partial charge in [-0.3, -0.25) is 0 Å². The summed E-state index contributed by atoms with van der Waals surface area (Å²) < 4.78 is 0. The summed E-state index contributed by atoms with van der Waals surface area (Å²) in [5, 5.41) is 5.24. The monoisotopic (exact) mass is 472 g/mol. The van der Waals surface area contributed by atoms with Gasteiger partial charge in [0.05, 0.1) is 10.5 Å². The lowest BCUT2D eigenvalue weighted by molar-refractivity contribution is 0.295. The molecular weight excluding hydrogens is 440 g/mol. The number of nitrogens with one attached hydrogen (secondary N) is 1. The zero-order valence-electron chi connectivity index (χ0n) is 20.3. The lowest BCUT2D eigenvalue weighted by atomic mass is 10.0. The van der Waals surface area contributed by atoms with Gasteiger partial charge in [0.15, 0.2) is 5.82 Å². The fraction of sp³-hybridized carbons (Fsp3) is 0.310. The fourth-order valence-electron chi connectivity index (χ4n) is 4.29. The summed E-state index contributed by atoms with van der Waals surface area (Å²) in [4.78, 5) is 12.3. The van der Waals surface area contributed by atoms with Gasteiger partial charge in [0.25, 0.3) is 0 Å². The van der Waals surface area contributed by atoms with E-state index >= 15 is 0 Å². The lowest BCUT2D eigenvalue weighted by Crippen LogP contribution is -2.25. The Morgan fingerprint density at radius 3 is 2.32 bits per heavy atom. The second-order valence-electron chi connectivity index (χ2n) is 8.69.